The third-order valence-corrected chi connectivity index (χ3v) is 7.60. The lowest BCUT2D eigenvalue weighted by atomic mass is 9.43. The van der Waals surface area contributed by atoms with Crippen molar-refractivity contribution in [1.82, 2.24) is 0 Å². The summed E-state index contributed by atoms with van der Waals surface area (Å²) in [6, 6.07) is 8.07. The van der Waals surface area contributed by atoms with E-state index in [1.54, 1.807) is 0 Å². The average molecular weight is 359 g/mol. The standard InChI is InChI=1S/C20H24BClO3/c1-19(2)13-9-16(19)20(3)17(10-13)24-21(25-20)18(22)8-12-11-23-15-7-5-4-6-14(12)15/h4-7,11,13,16-18H,8-10H2,1-3H3/t13-,16-,17+,18+,20-/m0/s1. The van der Waals surface area contributed by atoms with Crippen LogP contribution in [-0.4, -0.2) is 24.1 Å². The molecule has 3 aliphatic carbocycles. The third-order valence-electron chi connectivity index (χ3n) is 7.24. The summed E-state index contributed by atoms with van der Waals surface area (Å²) in [5.74, 6) is 1.32. The number of para-hydroxylation sites is 1. The quantitative estimate of drug-likeness (QED) is 0.580. The van der Waals surface area contributed by atoms with Gasteiger partial charge in [0.2, 0.25) is 0 Å². The van der Waals surface area contributed by atoms with Gasteiger partial charge in [0.25, 0.3) is 0 Å². The van der Waals surface area contributed by atoms with Crippen LogP contribution >= 0.6 is 11.6 Å². The maximum atomic E-state index is 6.75. The summed E-state index contributed by atoms with van der Waals surface area (Å²) < 4.78 is 18.4. The van der Waals surface area contributed by atoms with E-state index in [0.29, 0.717) is 17.8 Å². The molecule has 3 saturated carbocycles. The molecule has 1 aliphatic heterocycles. The van der Waals surface area contributed by atoms with Gasteiger partial charge in [0.05, 0.1) is 23.2 Å². The van der Waals surface area contributed by atoms with Crippen molar-refractivity contribution < 1.29 is 13.7 Å². The van der Waals surface area contributed by atoms with E-state index in [1.165, 1.54) is 6.42 Å². The molecule has 132 valence electrons. The lowest BCUT2D eigenvalue weighted by molar-refractivity contribution is -0.199. The van der Waals surface area contributed by atoms with E-state index < -0.39 is 0 Å². The lowest BCUT2D eigenvalue weighted by Gasteiger charge is -2.64. The molecule has 1 saturated heterocycles. The SMILES string of the molecule is CC1(C)[C@@H]2C[C@H]3OB([C@H](Cl)Cc4coc5ccccc45)O[C@@]3(C)[C@H]1C2. The van der Waals surface area contributed by atoms with Gasteiger partial charge in [-0.15, -0.1) is 11.6 Å². The predicted octanol–water partition coefficient (Wildman–Crippen LogP) is 4.85. The Morgan fingerprint density at radius 2 is 2.04 bits per heavy atom. The van der Waals surface area contributed by atoms with Crippen molar-refractivity contribution in [2.45, 2.75) is 57.0 Å². The number of hydrogen-bond donors (Lipinski definition) is 0. The van der Waals surface area contributed by atoms with Gasteiger partial charge in [-0.2, -0.15) is 0 Å². The largest absolute Gasteiger partial charge is 0.477 e. The molecule has 0 unspecified atom stereocenters. The van der Waals surface area contributed by atoms with Crippen molar-refractivity contribution in [1.29, 1.82) is 0 Å². The fraction of sp³-hybridized carbons (Fsp3) is 0.600. The molecule has 25 heavy (non-hydrogen) atoms. The number of rotatable bonds is 3. The van der Waals surface area contributed by atoms with Gasteiger partial charge < -0.3 is 13.7 Å². The van der Waals surface area contributed by atoms with E-state index in [1.807, 2.05) is 24.5 Å². The maximum absolute atomic E-state index is 6.75. The number of furan rings is 1. The molecule has 3 nitrogen and oxygen atoms in total. The van der Waals surface area contributed by atoms with E-state index >= 15 is 0 Å². The van der Waals surface area contributed by atoms with Gasteiger partial charge >= 0.3 is 7.12 Å². The number of fused-ring (bicyclic) bond motifs is 1. The Balaban J connectivity index is 1.35. The molecule has 5 atom stereocenters. The first-order valence-electron chi connectivity index (χ1n) is 9.32. The smallest absolute Gasteiger partial charge is 0.464 e. The van der Waals surface area contributed by atoms with Gasteiger partial charge in [-0.05, 0) is 55.1 Å². The monoisotopic (exact) mass is 358 g/mol. The van der Waals surface area contributed by atoms with Crippen LogP contribution in [0.1, 0.15) is 39.2 Å². The van der Waals surface area contributed by atoms with Crippen LogP contribution in [0.3, 0.4) is 0 Å². The van der Waals surface area contributed by atoms with Gasteiger partial charge in [0.15, 0.2) is 0 Å². The summed E-state index contributed by atoms with van der Waals surface area (Å²) >= 11 is 6.75. The van der Waals surface area contributed by atoms with Gasteiger partial charge in [-0.3, -0.25) is 0 Å². The van der Waals surface area contributed by atoms with Crippen LogP contribution in [0.2, 0.25) is 0 Å². The summed E-state index contributed by atoms with van der Waals surface area (Å²) in [4.78, 5) is 0. The second-order valence-electron chi connectivity index (χ2n) is 8.81. The van der Waals surface area contributed by atoms with Crippen LogP contribution in [0.5, 0.6) is 0 Å². The summed E-state index contributed by atoms with van der Waals surface area (Å²) in [7, 11) is -0.347. The number of alkyl halides is 1. The summed E-state index contributed by atoms with van der Waals surface area (Å²) in [5, 5.41) is 0.905. The van der Waals surface area contributed by atoms with Crippen molar-refractivity contribution >= 4 is 29.7 Å². The van der Waals surface area contributed by atoms with Crippen molar-refractivity contribution in [3.63, 3.8) is 0 Å². The van der Waals surface area contributed by atoms with E-state index in [2.05, 4.69) is 26.8 Å². The minimum absolute atomic E-state index is 0.177. The van der Waals surface area contributed by atoms with Crippen LogP contribution in [-0.2, 0) is 15.7 Å². The molecular formula is C20H24BClO3. The molecule has 0 amide bonds. The first-order valence-corrected chi connectivity index (χ1v) is 9.75. The van der Waals surface area contributed by atoms with Crippen LogP contribution in [0.4, 0.5) is 0 Å². The number of hydrogen-bond acceptors (Lipinski definition) is 3. The van der Waals surface area contributed by atoms with Crippen LogP contribution in [0.15, 0.2) is 34.9 Å². The molecule has 0 N–H and O–H groups in total. The summed E-state index contributed by atoms with van der Waals surface area (Å²) in [6.07, 6.45) is 5.02. The van der Waals surface area contributed by atoms with Crippen molar-refractivity contribution in [2.75, 3.05) is 0 Å². The highest BCUT2D eigenvalue weighted by Gasteiger charge is 2.68. The van der Waals surface area contributed by atoms with Crippen LogP contribution in [0, 0.1) is 17.3 Å². The van der Waals surface area contributed by atoms with E-state index in [0.717, 1.165) is 28.9 Å². The Hall–Kier alpha value is -0.965. The Labute approximate surface area is 154 Å². The van der Waals surface area contributed by atoms with Crippen molar-refractivity contribution in [2.24, 2.45) is 17.3 Å². The predicted molar refractivity (Wildman–Crippen MR) is 99.7 cm³/mol. The molecule has 4 fully saturated rings. The Bertz CT molecular complexity index is 818. The Kier molecular flexibility index (Phi) is 3.43. The Morgan fingerprint density at radius 3 is 2.84 bits per heavy atom. The number of benzene rings is 1. The normalized spacial score (nSPS) is 37.0. The molecule has 2 bridgehead atoms. The zero-order valence-corrected chi connectivity index (χ0v) is 15.8. The third kappa shape index (κ3) is 2.20. The highest BCUT2D eigenvalue weighted by atomic mass is 35.5. The molecule has 2 aromatic rings. The molecule has 5 heteroatoms. The Morgan fingerprint density at radius 1 is 1.24 bits per heavy atom. The first kappa shape index (κ1) is 16.2. The van der Waals surface area contributed by atoms with Gasteiger partial charge in [0, 0.05) is 5.39 Å². The molecular weight excluding hydrogens is 334 g/mol. The maximum Gasteiger partial charge on any atom is 0.477 e. The average Bonchev–Trinajstić information content (AvgIpc) is 3.15. The van der Waals surface area contributed by atoms with Gasteiger partial charge in [0.1, 0.15) is 5.58 Å². The van der Waals surface area contributed by atoms with E-state index in [9.17, 15) is 0 Å². The first-order chi connectivity index (χ1) is 11.9. The van der Waals surface area contributed by atoms with Crippen molar-refractivity contribution in [3.05, 3.63) is 36.1 Å². The second-order valence-corrected chi connectivity index (χ2v) is 9.37. The molecule has 1 aromatic carbocycles. The lowest BCUT2D eigenvalue weighted by Crippen LogP contribution is -2.65. The molecule has 0 radical (unpaired) electrons. The van der Waals surface area contributed by atoms with E-state index in [-0.39, 0.29) is 24.1 Å². The fourth-order valence-electron chi connectivity index (χ4n) is 5.55. The van der Waals surface area contributed by atoms with Gasteiger partial charge in [-0.25, -0.2) is 0 Å². The topological polar surface area (TPSA) is 31.6 Å². The zero-order valence-electron chi connectivity index (χ0n) is 15.0. The fourth-order valence-corrected chi connectivity index (χ4v) is 5.83. The molecule has 2 heterocycles. The highest BCUT2D eigenvalue weighted by Crippen LogP contribution is 2.65. The second kappa shape index (κ2) is 5.28. The zero-order chi connectivity index (χ0) is 17.4. The number of halogens is 1. The van der Waals surface area contributed by atoms with Crippen molar-refractivity contribution in [3.8, 4) is 0 Å². The summed E-state index contributed by atoms with van der Waals surface area (Å²) in [6.45, 7) is 6.98. The molecule has 0 spiro atoms. The minimum atomic E-state index is -0.347. The molecule has 6 rings (SSSR count). The minimum Gasteiger partial charge on any atom is -0.464 e. The summed E-state index contributed by atoms with van der Waals surface area (Å²) in [5.41, 5.74) is 2.17. The highest BCUT2D eigenvalue weighted by molar-refractivity contribution is 6.60. The van der Waals surface area contributed by atoms with Gasteiger partial charge in [-0.1, -0.05) is 32.0 Å². The van der Waals surface area contributed by atoms with Crippen LogP contribution < -0.4 is 0 Å². The van der Waals surface area contributed by atoms with Crippen LogP contribution in [0.25, 0.3) is 11.0 Å². The molecule has 1 aromatic heterocycles. The molecule has 4 aliphatic rings. The van der Waals surface area contributed by atoms with E-state index in [4.69, 9.17) is 25.3 Å².